The topological polar surface area (TPSA) is 61.9 Å². The first kappa shape index (κ1) is 15.1. The van der Waals surface area contributed by atoms with Crippen LogP contribution in [0.15, 0.2) is 0 Å². The van der Waals surface area contributed by atoms with E-state index in [1.165, 1.54) is 0 Å². The van der Waals surface area contributed by atoms with Gasteiger partial charge in [-0.3, -0.25) is 4.79 Å². The minimum absolute atomic E-state index is 0.00382. The average molecular weight is 283 g/mol. The molecule has 2 fully saturated rings. The lowest BCUT2D eigenvalue weighted by Gasteiger charge is -2.35. The molecule has 6 heteroatoms. The summed E-state index contributed by atoms with van der Waals surface area (Å²) in [5.41, 5.74) is 0. The summed E-state index contributed by atoms with van der Waals surface area (Å²) in [5.74, 6) is 0.310. The summed E-state index contributed by atoms with van der Waals surface area (Å²) in [6.45, 7) is 6.80. The summed E-state index contributed by atoms with van der Waals surface area (Å²) < 4.78 is 5.27. The molecule has 0 aromatic heterocycles. The lowest BCUT2D eigenvalue weighted by molar-refractivity contribution is -0.141. The highest BCUT2D eigenvalue weighted by molar-refractivity contribution is 5.80. The lowest BCUT2D eigenvalue weighted by atomic mass is 9.95. The number of piperidine rings is 1. The summed E-state index contributed by atoms with van der Waals surface area (Å²) >= 11 is 0. The first-order chi connectivity index (χ1) is 9.72. The molecule has 6 nitrogen and oxygen atoms in total. The molecule has 0 atom stereocenters. The smallest absolute Gasteiger partial charge is 0.317 e. The predicted molar refractivity (Wildman–Crippen MR) is 75.4 cm³/mol. The Morgan fingerprint density at radius 3 is 2.35 bits per heavy atom. The number of ether oxygens (including phenoxy) is 1. The molecule has 0 radical (unpaired) electrons. The minimum atomic E-state index is 0.00382. The van der Waals surface area contributed by atoms with Crippen LogP contribution >= 0.6 is 0 Å². The molecule has 0 aromatic carbocycles. The largest absolute Gasteiger partial charge is 0.378 e. The van der Waals surface area contributed by atoms with Gasteiger partial charge in [0.15, 0.2) is 0 Å². The monoisotopic (exact) mass is 283 g/mol. The van der Waals surface area contributed by atoms with Crippen molar-refractivity contribution in [1.82, 2.24) is 15.1 Å². The third-order valence-electron chi connectivity index (χ3n) is 3.98. The fourth-order valence-corrected chi connectivity index (χ4v) is 2.72. The van der Waals surface area contributed by atoms with Crippen LogP contribution in [-0.2, 0) is 9.53 Å². The van der Waals surface area contributed by atoms with Crippen molar-refractivity contribution in [3.63, 3.8) is 0 Å². The van der Waals surface area contributed by atoms with Crippen LogP contribution in [0.4, 0.5) is 4.79 Å². The van der Waals surface area contributed by atoms with Crippen LogP contribution in [0, 0.1) is 5.92 Å². The fourth-order valence-electron chi connectivity index (χ4n) is 2.72. The van der Waals surface area contributed by atoms with Crippen LogP contribution in [0.1, 0.15) is 26.2 Å². The van der Waals surface area contributed by atoms with E-state index in [-0.39, 0.29) is 17.9 Å². The van der Waals surface area contributed by atoms with Crippen LogP contribution in [0.25, 0.3) is 0 Å². The minimum Gasteiger partial charge on any atom is -0.378 e. The van der Waals surface area contributed by atoms with Gasteiger partial charge in [-0.1, -0.05) is 6.92 Å². The molecule has 0 unspecified atom stereocenters. The Balaban J connectivity index is 1.75. The van der Waals surface area contributed by atoms with Gasteiger partial charge in [-0.15, -0.1) is 0 Å². The maximum Gasteiger partial charge on any atom is 0.317 e. The molecular formula is C14H25N3O3. The molecule has 2 heterocycles. The van der Waals surface area contributed by atoms with Crippen molar-refractivity contribution < 1.29 is 14.3 Å². The zero-order valence-electron chi connectivity index (χ0n) is 12.3. The second kappa shape index (κ2) is 7.47. The van der Waals surface area contributed by atoms with Crippen molar-refractivity contribution >= 4 is 11.9 Å². The van der Waals surface area contributed by atoms with E-state index in [9.17, 15) is 9.59 Å². The molecule has 1 N–H and O–H groups in total. The number of carbonyl (C=O) groups is 2. The molecule has 0 aromatic rings. The summed E-state index contributed by atoms with van der Waals surface area (Å²) in [5, 5.41) is 2.88. The molecule has 2 rings (SSSR count). The van der Waals surface area contributed by atoms with Crippen molar-refractivity contribution in [3.05, 3.63) is 0 Å². The molecule has 0 aliphatic carbocycles. The van der Waals surface area contributed by atoms with Gasteiger partial charge in [0.1, 0.15) is 0 Å². The Morgan fingerprint density at radius 2 is 1.75 bits per heavy atom. The molecule has 0 bridgehead atoms. The van der Waals surface area contributed by atoms with Crippen LogP contribution < -0.4 is 5.32 Å². The van der Waals surface area contributed by atoms with Crippen molar-refractivity contribution in [2.45, 2.75) is 26.2 Å². The molecule has 0 saturated carbocycles. The Hall–Kier alpha value is -1.30. The molecule has 114 valence electrons. The number of rotatable bonds is 3. The van der Waals surface area contributed by atoms with E-state index in [1.807, 2.05) is 16.7 Å². The number of hydrogen-bond acceptors (Lipinski definition) is 3. The quantitative estimate of drug-likeness (QED) is 0.828. The highest BCUT2D eigenvalue weighted by Gasteiger charge is 2.30. The van der Waals surface area contributed by atoms with Crippen LogP contribution in [0.3, 0.4) is 0 Å². The number of amides is 3. The predicted octanol–water partition coefficient (Wildman–Crippen LogP) is 0.677. The van der Waals surface area contributed by atoms with E-state index < -0.39 is 0 Å². The second-order valence-corrected chi connectivity index (χ2v) is 5.43. The van der Waals surface area contributed by atoms with Crippen LogP contribution in [0.5, 0.6) is 0 Å². The average Bonchev–Trinajstić information content (AvgIpc) is 2.53. The maximum atomic E-state index is 12.4. The Morgan fingerprint density at radius 1 is 1.10 bits per heavy atom. The number of carbonyl (C=O) groups excluding carboxylic acids is 2. The van der Waals surface area contributed by atoms with Crippen LogP contribution in [-0.4, -0.2) is 67.7 Å². The van der Waals surface area contributed by atoms with Gasteiger partial charge in [0.05, 0.1) is 13.2 Å². The van der Waals surface area contributed by atoms with E-state index in [0.29, 0.717) is 45.9 Å². The first-order valence-corrected chi connectivity index (χ1v) is 7.61. The summed E-state index contributed by atoms with van der Waals surface area (Å²) in [6, 6.07) is 0.00382. The number of nitrogens with zero attached hydrogens (tertiary/aromatic N) is 2. The molecule has 2 aliphatic rings. The normalized spacial score (nSPS) is 20.9. The molecule has 0 spiro atoms. The van der Waals surface area contributed by atoms with Crippen LogP contribution in [0.2, 0.25) is 0 Å². The van der Waals surface area contributed by atoms with Gasteiger partial charge in [-0.05, 0) is 19.3 Å². The van der Waals surface area contributed by atoms with Gasteiger partial charge >= 0.3 is 6.03 Å². The SMILES string of the molecule is CCCNC(=O)N1CCC(C(=O)N2CCOCC2)CC1. The number of urea groups is 1. The van der Waals surface area contributed by atoms with E-state index in [1.54, 1.807) is 0 Å². The van der Waals surface area contributed by atoms with Gasteiger partial charge in [0.25, 0.3) is 0 Å². The third-order valence-corrected chi connectivity index (χ3v) is 3.98. The van der Waals surface area contributed by atoms with Gasteiger partial charge in [0, 0.05) is 38.6 Å². The van der Waals surface area contributed by atoms with Crippen molar-refractivity contribution in [2.75, 3.05) is 45.9 Å². The zero-order chi connectivity index (χ0) is 14.4. The lowest BCUT2D eigenvalue weighted by Crippen LogP contribution is -2.49. The molecule has 2 saturated heterocycles. The Labute approximate surface area is 120 Å². The zero-order valence-corrected chi connectivity index (χ0v) is 12.3. The third kappa shape index (κ3) is 3.85. The van der Waals surface area contributed by atoms with Crippen molar-refractivity contribution in [1.29, 1.82) is 0 Å². The summed E-state index contributed by atoms with van der Waals surface area (Å²) in [4.78, 5) is 27.9. The van der Waals surface area contributed by atoms with E-state index in [4.69, 9.17) is 4.74 Å². The fraction of sp³-hybridized carbons (Fsp3) is 0.857. The Kier molecular flexibility index (Phi) is 5.64. The van der Waals surface area contributed by atoms with E-state index in [0.717, 1.165) is 19.3 Å². The molecule has 2 aliphatic heterocycles. The maximum absolute atomic E-state index is 12.4. The summed E-state index contributed by atoms with van der Waals surface area (Å²) in [7, 11) is 0. The highest BCUT2D eigenvalue weighted by Crippen LogP contribution is 2.20. The van der Waals surface area contributed by atoms with Gasteiger partial charge < -0.3 is 19.9 Å². The molecule has 20 heavy (non-hydrogen) atoms. The van der Waals surface area contributed by atoms with Gasteiger partial charge in [0.2, 0.25) is 5.91 Å². The molecular weight excluding hydrogens is 258 g/mol. The number of morpholine rings is 1. The summed E-state index contributed by atoms with van der Waals surface area (Å²) in [6.07, 6.45) is 2.49. The van der Waals surface area contributed by atoms with Gasteiger partial charge in [-0.25, -0.2) is 4.79 Å². The first-order valence-electron chi connectivity index (χ1n) is 7.61. The highest BCUT2D eigenvalue weighted by atomic mass is 16.5. The van der Waals surface area contributed by atoms with Crippen molar-refractivity contribution in [3.8, 4) is 0 Å². The standard InChI is InChI=1S/C14H25N3O3/c1-2-5-15-14(19)17-6-3-12(4-7-17)13(18)16-8-10-20-11-9-16/h12H,2-11H2,1H3,(H,15,19). The van der Waals surface area contributed by atoms with Gasteiger partial charge in [-0.2, -0.15) is 0 Å². The number of nitrogens with one attached hydrogen (secondary N) is 1. The number of hydrogen-bond donors (Lipinski definition) is 1. The van der Waals surface area contributed by atoms with E-state index in [2.05, 4.69) is 5.32 Å². The Bertz CT molecular complexity index is 335. The second-order valence-electron chi connectivity index (χ2n) is 5.43. The number of likely N-dealkylation sites (tertiary alicyclic amines) is 1. The van der Waals surface area contributed by atoms with E-state index >= 15 is 0 Å². The van der Waals surface area contributed by atoms with Crippen molar-refractivity contribution in [2.24, 2.45) is 5.92 Å². The molecule has 3 amide bonds.